The van der Waals surface area contributed by atoms with Crippen molar-refractivity contribution in [3.8, 4) is 11.1 Å². The summed E-state index contributed by atoms with van der Waals surface area (Å²) in [6.45, 7) is 13.1. The Labute approximate surface area is 480 Å². The van der Waals surface area contributed by atoms with Crippen LogP contribution in [0.5, 0.6) is 0 Å². The Bertz CT molecular complexity index is 4290. The lowest BCUT2D eigenvalue weighted by molar-refractivity contribution is -0.137. The molecule has 0 aliphatic heterocycles. The van der Waals surface area contributed by atoms with Crippen molar-refractivity contribution in [2.24, 2.45) is 0 Å². The molecule has 0 bridgehead atoms. The average Bonchev–Trinajstić information content (AvgIpc) is 1.80. The maximum atomic E-state index is 15.7. The number of rotatable bonds is 8. The number of nitrogens with zero attached hydrogens (tertiary/aromatic N) is 2. The number of hydrogen-bond donors (Lipinski definition) is 0. The minimum absolute atomic E-state index is 0.0173. The highest BCUT2D eigenvalue weighted by Crippen LogP contribution is 2.64. The van der Waals surface area contributed by atoms with Crippen molar-refractivity contribution < 1.29 is 26.3 Å². The van der Waals surface area contributed by atoms with Gasteiger partial charge in [0.05, 0.1) is 48.7 Å². The lowest BCUT2D eigenvalue weighted by Crippen LogP contribution is -2.40. The quantitative estimate of drug-likeness (QED) is 0.140. The molecule has 0 fully saturated rings. The molecule has 0 saturated heterocycles. The molecule has 0 N–H and O–H groups in total. The monoisotopic (exact) mass is 1120 g/mol. The predicted molar refractivity (Wildman–Crippen MR) is 329 cm³/mol. The molecule has 10 heteroatoms. The normalized spacial score (nSPS) is 14.3. The number of halogens is 6. The van der Waals surface area contributed by atoms with Gasteiger partial charge >= 0.3 is 12.4 Å². The molecule has 406 valence electrons. The number of alkyl halides is 6. The Balaban J connectivity index is 1.08. The van der Waals surface area contributed by atoms with Gasteiger partial charge in [0.25, 0.3) is 0 Å². The molecule has 2 aliphatic rings. The summed E-state index contributed by atoms with van der Waals surface area (Å²) in [5, 5.41) is 4.00. The zero-order chi connectivity index (χ0) is 56.8. The Morgan fingerprint density at radius 3 is 1.09 bits per heavy atom. The summed E-state index contributed by atoms with van der Waals surface area (Å²) in [6, 6.07) is 64.9. The van der Waals surface area contributed by atoms with E-state index >= 15 is 26.3 Å². The van der Waals surface area contributed by atoms with E-state index in [0.29, 0.717) is 22.7 Å². The summed E-state index contributed by atoms with van der Waals surface area (Å²) >= 11 is 3.20. The van der Waals surface area contributed by atoms with Crippen molar-refractivity contribution in [3.05, 3.63) is 262 Å². The van der Waals surface area contributed by atoms with Crippen LogP contribution in [0.15, 0.2) is 206 Å². The highest BCUT2D eigenvalue weighted by molar-refractivity contribution is 7.27. The summed E-state index contributed by atoms with van der Waals surface area (Å²) in [4.78, 5) is 3.57. The van der Waals surface area contributed by atoms with Gasteiger partial charge in [0.15, 0.2) is 0 Å². The molecule has 1 spiro atoms. The van der Waals surface area contributed by atoms with E-state index in [1.54, 1.807) is 56.7 Å². The molecule has 2 aromatic heterocycles. The van der Waals surface area contributed by atoms with Gasteiger partial charge in [-0.25, -0.2) is 0 Å². The van der Waals surface area contributed by atoms with Crippen LogP contribution in [0.1, 0.15) is 109 Å². The Morgan fingerprint density at radius 2 is 0.695 bits per heavy atom. The van der Waals surface area contributed by atoms with Crippen molar-refractivity contribution in [1.82, 2.24) is 0 Å². The second-order valence-electron chi connectivity index (χ2n) is 22.9. The van der Waals surface area contributed by atoms with Crippen LogP contribution in [0.2, 0.25) is 0 Å². The van der Waals surface area contributed by atoms with E-state index in [4.69, 9.17) is 0 Å². The van der Waals surface area contributed by atoms with Crippen molar-refractivity contribution in [2.75, 3.05) is 9.80 Å². The lowest BCUT2D eigenvalue weighted by Gasteiger charge is -2.47. The van der Waals surface area contributed by atoms with E-state index in [-0.39, 0.29) is 23.2 Å². The minimum atomic E-state index is -4.71. The van der Waals surface area contributed by atoms with Crippen LogP contribution in [0.25, 0.3) is 51.5 Å². The maximum absolute atomic E-state index is 15.7. The highest BCUT2D eigenvalue weighted by atomic mass is 32.1. The van der Waals surface area contributed by atoms with Gasteiger partial charge in [-0.2, -0.15) is 26.3 Å². The fraction of sp³-hybridized carbons (Fsp3) is 0.167. The molecule has 0 radical (unpaired) electrons. The zero-order valence-electron chi connectivity index (χ0n) is 45.8. The van der Waals surface area contributed by atoms with E-state index in [1.807, 2.05) is 72.8 Å². The second-order valence-corrected chi connectivity index (χ2v) is 24.9. The number of para-hydroxylation sites is 2. The van der Waals surface area contributed by atoms with E-state index < -0.39 is 34.3 Å². The second kappa shape index (κ2) is 18.7. The third-order valence-corrected chi connectivity index (χ3v) is 19.9. The SMILES string of the molecule is CC(C)c1cccc2c1sc1c(N(c3ccc4c(c3)C3(c5cc(N(c6ccccc6C(F)(F)F)c6cccc7c6sc6c(C(C)C)cccc67)ccc5-4)c4ccccc4C(C)(C)c4ccccc43)c3ccccc3C(F)(F)F)cccc12. The van der Waals surface area contributed by atoms with Gasteiger partial charge in [0.1, 0.15) is 0 Å². The first-order valence-corrected chi connectivity index (χ1v) is 29.3. The summed E-state index contributed by atoms with van der Waals surface area (Å²) in [5.41, 5.74) is 8.91. The van der Waals surface area contributed by atoms with Crippen molar-refractivity contribution in [3.63, 3.8) is 0 Å². The molecule has 0 unspecified atom stereocenters. The number of hydrogen-bond acceptors (Lipinski definition) is 4. The van der Waals surface area contributed by atoms with Gasteiger partial charge in [0, 0.05) is 47.7 Å². The molecule has 2 heterocycles. The van der Waals surface area contributed by atoms with Gasteiger partial charge in [-0.15, -0.1) is 22.7 Å². The van der Waals surface area contributed by atoms with Gasteiger partial charge in [-0.1, -0.05) is 187 Å². The molecule has 0 saturated carbocycles. The summed E-state index contributed by atoms with van der Waals surface area (Å²) < 4.78 is 98.0. The molecular weight excluding hydrogens is 1070 g/mol. The van der Waals surface area contributed by atoms with Crippen LogP contribution in [0.4, 0.5) is 60.5 Å². The fourth-order valence-electron chi connectivity index (χ4n) is 13.7. The first kappa shape index (κ1) is 51.9. The number of anilines is 6. The van der Waals surface area contributed by atoms with Crippen LogP contribution in [-0.2, 0) is 23.2 Å². The van der Waals surface area contributed by atoms with Crippen molar-refractivity contribution >= 4 is 97.1 Å². The number of benzene rings is 10. The van der Waals surface area contributed by atoms with Crippen molar-refractivity contribution in [1.29, 1.82) is 0 Å². The van der Waals surface area contributed by atoms with Gasteiger partial charge in [0.2, 0.25) is 0 Å². The Morgan fingerprint density at radius 1 is 0.354 bits per heavy atom. The van der Waals surface area contributed by atoms with Crippen LogP contribution in [-0.4, -0.2) is 0 Å². The molecule has 14 rings (SSSR count). The summed E-state index contributed by atoms with van der Waals surface area (Å²) in [6.07, 6.45) is -9.42. The third kappa shape index (κ3) is 7.59. The van der Waals surface area contributed by atoms with E-state index in [1.165, 1.54) is 23.3 Å². The lowest BCUT2D eigenvalue weighted by atomic mass is 9.55. The summed E-state index contributed by atoms with van der Waals surface area (Å²) in [5.74, 6) is 0.412. The van der Waals surface area contributed by atoms with E-state index in [0.717, 1.165) is 97.0 Å². The molecule has 12 aromatic rings. The standard InChI is InChI=1S/C72H54F6N2S2/c1-41(2)45-19-15-21-49-51-23-17-33-63(67(51)81-65(45)49)79(61-31-13-11-29-57(61)71(73,74)75)43-35-37-47-48-38-36-44(40-60(48)70(59(47)39-43)55-27-9-7-25-53(55)69(5,6)54-26-8-10-28-56(54)70)80(62-32-14-12-30-58(62)72(76,77)78)64-34-18-24-52-50-22-16-20-46(42(3)4)66(50)82-68(52)64/h7-42H,1-6H3. The van der Waals surface area contributed by atoms with Gasteiger partial charge in [-0.05, 0) is 128 Å². The minimum Gasteiger partial charge on any atom is -0.308 e. The van der Waals surface area contributed by atoms with Crippen molar-refractivity contribution in [2.45, 2.75) is 76.6 Å². The zero-order valence-corrected chi connectivity index (χ0v) is 47.4. The molecule has 0 amide bonds. The molecule has 2 nitrogen and oxygen atoms in total. The average molecular weight is 1130 g/mol. The van der Waals surface area contributed by atoms with Crippen LogP contribution in [0.3, 0.4) is 0 Å². The highest BCUT2D eigenvalue weighted by Gasteiger charge is 2.54. The van der Waals surface area contributed by atoms with E-state index in [2.05, 4.69) is 126 Å². The molecular formula is C72H54F6N2S2. The Kier molecular flexibility index (Phi) is 11.8. The molecule has 2 aliphatic carbocycles. The van der Waals surface area contributed by atoms with Crippen LogP contribution in [0, 0.1) is 0 Å². The molecule has 0 atom stereocenters. The molecule has 10 aromatic carbocycles. The number of fused-ring (bicyclic) bond motifs is 15. The van der Waals surface area contributed by atoms with Gasteiger partial charge < -0.3 is 9.80 Å². The van der Waals surface area contributed by atoms with E-state index in [9.17, 15) is 0 Å². The third-order valence-electron chi connectivity index (χ3n) is 17.3. The summed E-state index contributed by atoms with van der Waals surface area (Å²) in [7, 11) is 0. The van der Waals surface area contributed by atoms with Crippen LogP contribution < -0.4 is 9.80 Å². The topological polar surface area (TPSA) is 6.48 Å². The van der Waals surface area contributed by atoms with Crippen LogP contribution >= 0.6 is 22.7 Å². The largest absolute Gasteiger partial charge is 0.418 e. The van der Waals surface area contributed by atoms with Gasteiger partial charge in [-0.3, -0.25) is 0 Å². The predicted octanol–water partition coefficient (Wildman–Crippen LogP) is 22.6. The smallest absolute Gasteiger partial charge is 0.308 e. The Hall–Kier alpha value is -8.18. The fourth-order valence-corrected chi connectivity index (χ4v) is 16.6. The first-order chi connectivity index (χ1) is 39.4. The molecule has 82 heavy (non-hydrogen) atoms. The maximum Gasteiger partial charge on any atom is 0.418 e. The number of thiophene rings is 2. The first-order valence-electron chi connectivity index (χ1n) is 27.7.